The molecule has 0 amide bonds. The van der Waals surface area contributed by atoms with Crippen LogP contribution in [-0.2, 0) is 6.42 Å². The summed E-state index contributed by atoms with van der Waals surface area (Å²) in [6.45, 7) is 8.68. The highest BCUT2D eigenvalue weighted by Gasteiger charge is 2.19. The average molecular weight is 332 g/mol. The first-order valence-corrected chi connectivity index (χ1v) is 9.75. The Morgan fingerprint density at radius 3 is 2.58 bits per heavy atom. The molecule has 0 saturated heterocycles. The number of unbranched alkanes of at least 4 members (excludes halogenated alkanes) is 4. The van der Waals surface area contributed by atoms with Gasteiger partial charge >= 0.3 is 0 Å². The van der Waals surface area contributed by atoms with Gasteiger partial charge in [0.1, 0.15) is 5.75 Å². The quantitative estimate of drug-likeness (QED) is 0.511. The predicted octanol–water partition coefficient (Wildman–Crippen LogP) is 4.88. The summed E-state index contributed by atoms with van der Waals surface area (Å²) in [5.74, 6) is 1.18. The average Bonchev–Trinajstić information content (AvgIpc) is 2.97. The van der Waals surface area contributed by atoms with E-state index in [1.54, 1.807) is 0 Å². The summed E-state index contributed by atoms with van der Waals surface area (Å²) < 4.78 is 5.88. The van der Waals surface area contributed by atoms with Crippen molar-refractivity contribution in [3.63, 3.8) is 0 Å². The Bertz CT molecular complexity index is 513. The number of fused-ring (bicyclic) bond motifs is 1. The molecule has 0 aromatic heterocycles. The lowest BCUT2D eigenvalue weighted by Crippen LogP contribution is -2.26. The summed E-state index contributed by atoms with van der Waals surface area (Å²) in [4.78, 5) is 14.2. The number of ketones is 1. The zero-order chi connectivity index (χ0) is 17.2. The van der Waals surface area contributed by atoms with Crippen LogP contribution in [0.4, 0.5) is 0 Å². The number of aryl methyl sites for hydroxylation is 1. The SMILES string of the molecule is CCCCCCCN(CC)CCCOc1ccc2c(c1)CCC2=O. The molecule has 3 nitrogen and oxygen atoms in total. The third-order valence-corrected chi connectivity index (χ3v) is 4.91. The van der Waals surface area contributed by atoms with E-state index in [2.05, 4.69) is 18.7 Å². The molecule has 1 aromatic carbocycles. The van der Waals surface area contributed by atoms with Crippen molar-refractivity contribution < 1.29 is 9.53 Å². The van der Waals surface area contributed by atoms with Crippen LogP contribution in [0.1, 0.15) is 74.7 Å². The van der Waals surface area contributed by atoms with Crippen LogP contribution in [0.5, 0.6) is 5.75 Å². The number of ether oxygens (including phenoxy) is 1. The molecule has 134 valence electrons. The molecule has 0 aliphatic heterocycles. The van der Waals surface area contributed by atoms with E-state index < -0.39 is 0 Å². The lowest BCUT2D eigenvalue weighted by molar-refractivity contribution is 0.0994. The topological polar surface area (TPSA) is 29.5 Å². The molecule has 0 saturated carbocycles. The molecule has 2 rings (SSSR count). The minimum atomic E-state index is 0.272. The van der Waals surface area contributed by atoms with Crippen molar-refractivity contribution in [2.45, 2.75) is 65.2 Å². The zero-order valence-electron chi connectivity index (χ0n) is 15.5. The number of hydrogen-bond acceptors (Lipinski definition) is 3. The molecule has 0 heterocycles. The molecule has 1 aromatic rings. The molecule has 24 heavy (non-hydrogen) atoms. The Labute approximate surface area is 147 Å². The minimum absolute atomic E-state index is 0.272. The molecular weight excluding hydrogens is 298 g/mol. The van der Waals surface area contributed by atoms with Crippen molar-refractivity contribution in [2.75, 3.05) is 26.2 Å². The Kier molecular flexibility index (Phi) is 8.31. The summed E-state index contributed by atoms with van der Waals surface area (Å²) in [7, 11) is 0. The van der Waals surface area contributed by atoms with Gasteiger partial charge in [-0.3, -0.25) is 4.79 Å². The molecule has 3 heteroatoms. The van der Waals surface area contributed by atoms with Gasteiger partial charge in [0, 0.05) is 18.5 Å². The Balaban J connectivity index is 1.62. The lowest BCUT2D eigenvalue weighted by atomic mass is 10.1. The first-order valence-electron chi connectivity index (χ1n) is 9.75. The molecule has 0 spiro atoms. The maximum absolute atomic E-state index is 11.6. The van der Waals surface area contributed by atoms with Crippen LogP contribution < -0.4 is 4.74 Å². The zero-order valence-corrected chi connectivity index (χ0v) is 15.5. The van der Waals surface area contributed by atoms with E-state index in [9.17, 15) is 4.79 Å². The summed E-state index contributed by atoms with van der Waals surface area (Å²) in [5.41, 5.74) is 2.04. The minimum Gasteiger partial charge on any atom is -0.494 e. The number of rotatable bonds is 12. The van der Waals surface area contributed by atoms with Crippen LogP contribution in [0.3, 0.4) is 0 Å². The van der Waals surface area contributed by atoms with Crippen LogP contribution in [0.2, 0.25) is 0 Å². The second-order valence-corrected chi connectivity index (χ2v) is 6.79. The standard InChI is InChI=1S/C21H33NO2/c1-3-5-6-7-8-14-22(4-2)15-9-16-24-19-11-12-20-18(17-19)10-13-21(20)23/h11-12,17H,3-10,13-16H2,1-2H3. The molecule has 0 bridgehead atoms. The van der Waals surface area contributed by atoms with Crippen LogP contribution in [0.15, 0.2) is 18.2 Å². The molecule has 0 N–H and O–H groups in total. The van der Waals surface area contributed by atoms with Crippen LogP contribution in [-0.4, -0.2) is 36.9 Å². The third-order valence-electron chi connectivity index (χ3n) is 4.91. The van der Waals surface area contributed by atoms with E-state index in [4.69, 9.17) is 4.74 Å². The van der Waals surface area contributed by atoms with Gasteiger partial charge in [-0.05, 0) is 56.1 Å². The van der Waals surface area contributed by atoms with Crippen molar-refractivity contribution in [1.82, 2.24) is 4.90 Å². The number of Topliss-reactive ketones (excluding diaryl/α,β-unsaturated/α-hetero) is 1. The number of nitrogens with zero attached hydrogens (tertiary/aromatic N) is 1. The monoisotopic (exact) mass is 331 g/mol. The maximum atomic E-state index is 11.6. The van der Waals surface area contributed by atoms with Crippen LogP contribution >= 0.6 is 0 Å². The van der Waals surface area contributed by atoms with Crippen molar-refractivity contribution in [1.29, 1.82) is 0 Å². The number of carbonyl (C=O) groups excluding carboxylic acids is 1. The van der Waals surface area contributed by atoms with Gasteiger partial charge in [0.25, 0.3) is 0 Å². The molecule has 0 atom stereocenters. The highest BCUT2D eigenvalue weighted by Crippen LogP contribution is 2.26. The highest BCUT2D eigenvalue weighted by atomic mass is 16.5. The van der Waals surface area contributed by atoms with Gasteiger partial charge in [-0.15, -0.1) is 0 Å². The fourth-order valence-corrected chi connectivity index (χ4v) is 3.37. The van der Waals surface area contributed by atoms with Gasteiger partial charge in [0.15, 0.2) is 5.78 Å². The largest absolute Gasteiger partial charge is 0.494 e. The van der Waals surface area contributed by atoms with E-state index in [1.807, 2.05) is 18.2 Å². The van der Waals surface area contributed by atoms with Gasteiger partial charge in [0.2, 0.25) is 0 Å². The molecule has 0 unspecified atom stereocenters. The van der Waals surface area contributed by atoms with Crippen molar-refractivity contribution in [2.24, 2.45) is 0 Å². The van der Waals surface area contributed by atoms with Gasteiger partial charge in [-0.2, -0.15) is 0 Å². The number of carbonyl (C=O) groups is 1. The Morgan fingerprint density at radius 1 is 1.00 bits per heavy atom. The molecule has 0 fully saturated rings. The fourth-order valence-electron chi connectivity index (χ4n) is 3.37. The van der Waals surface area contributed by atoms with Crippen molar-refractivity contribution in [3.8, 4) is 5.75 Å². The van der Waals surface area contributed by atoms with E-state index in [0.29, 0.717) is 6.42 Å². The van der Waals surface area contributed by atoms with Gasteiger partial charge < -0.3 is 9.64 Å². The molecule has 0 radical (unpaired) electrons. The smallest absolute Gasteiger partial charge is 0.163 e. The van der Waals surface area contributed by atoms with E-state index in [0.717, 1.165) is 49.4 Å². The van der Waals surface area contributed by atoms with Crippen molar-refractivity contribution >= 4 is 5.78 Å². The van der Waals surface area contributed by atoms with Crippen LogP contribution in [0, 0.1) is 0 Å². The van der Waals surface area contributed by atoms with Gasteiger partial charge in [-0.25, -0.2) is 0 Å². The maximum Gasteiger partial charge on any atom is 0.163 e. The lowest BCUT2D eigenvalue weighted by Gasteiger charge is -2.20. The third kappa shape index (κ3) is 5.94. The summed E-state index contributed by atoms with van der Waals surface area (Å²) in [6.07, 6.45) is 9.30. The highest BCUT2D eigenvalue weighted by molar-refractivity contribution is 6.00. The molecular formula is C21H33NO2. The van der Waals surface area contributed by atoms with E-state index in [-0.39, 0.29) is 5.78 Å². The Hall–Kier alpha value is -1.35. The van der Waals surface area contributed by atoms with Crippen molar-refractivity contribution in [3.05, 3.63) is 29.3 Å². The first-order chi connectivity index (χ1) is 11.7. The van der Waals surface area contributed by atoms with E-state index >= 15 is 0 Å². The Morgan fingerprint density at radius 2 is 1.79 bits per heavy atom. The molecule has 1 aliphatic rings. The first kappa shape index (κ1) is 19.0. The molecule has 1 aliphatic carbocycles. The number of hydrogen-bond donors (Lipinski definition) is 0. The van der Waals surface area contributed by atoms with Gasteiger partial charge in [0.05, 0.1) is 6.61 Å². The summed E-state index contributed by atoms with van der Waals surface area (Å²) >= 11 is 0. The summed E-state index contributed by atoms with van der Waals surface area (Å²) in [5, 5.41) is 0. The second-order valence-electron chi connectivity index (χ2n) is 6.79. The second kappa shape index (κ2) is 10.5. The van der Waals surface area contributed by atoms with Gasteiger partial charge in [-0.1, -0.05) is 39.5 Å². The number of benzene rings is 1. The normalized spacial score (nSPS) is 13.5. The van der Waals surface area contributed by atoms with E-state index in [1.165, 1.54) is 38.6 Å². The predicted molar refractivity (Wildman–Crippen MR) is 100 cm³/mol. The van der Waals surface area contributed by atoms with Crippen LogP contribution in [0.25, 0.3) is 0 Å². The fraction of sp³-hybridized carbons (Fsp3) is 0.667. The summed E-state index contributed by atoms with van der Waals surface area (Å²) in [6, 6.07) is 5.91.